The van der Waals surface area contributed by atoms with E-state index in [-0.39, 0.29) is 12.4 Å². The normalized spacial score (nSPS) is 15.1. The third kappa shape index (κ3) is 8.75. The second-order valence-corrected chi connectivity index (χ2v) is 15.6. The highest BCUT2D eigenvalue weighted by molar-refractivity contribution is 8.16. The highest BCUT2D eigenvalue weighted by atomic mass is 35.5. The van der Waals surface area contributed by atoms with Crippen molar-refractivity contribution in [1.82, 2.24) is 0 Å². The summed E-state index contributed by atoms with van der Waals surface area (Å²) in [5.41, 5.74) is 14.2. The highest BCUT2D eigenvalue weighted by Gasteiger charge is 2.21. The number of hydrogen-bond acceptors (Lipinski definition) is 1. The molecule has 0 spiro atoms. The number of rotatable bonds is 8. The zero-order valence-electron chi connectivity index (χ0n) is 30.3. The molecule has 0 radical (unpaired) electrons. The van der Waals surface area contributed by atoms with Gasteiger partial charge in [-0.1, -0.05) is 157 Å². The minimum Gasteiger partial charge on any atom is -1.00 e. The first-order valence-electron chi connectivity index (χ1n) is 18.4. The zero-order valence-corrected chi connectivity index (χ0v) is 32.7. The standard InChI is InChI=1S/C51H41S2.ClH/c1-37-17-14-15-28-46(37)51-44(31-29-38-33-47(40-18-6-2-7-19-40)52-48(34-38)41-20-8-3-9-21-41)26-16-27-45(51)32-30-39-35-49(42-22-10-4-11-23-42)53-50(36-39)43-24-12-5-13-25-43;/h2-15,17-25,28-36H,16,26-27H2,1H3;1H/q+1;/p-1. The van der Waals surface area contributed by atoms with Gasteiger partial charge in [0, 0.05) is 33.1 Å². The fourth-order valence-electron chi connectivity index (χ4n) is 7.07. The quantitative estimate of drug-likeness (QED) is 0.140. The zero-order chi connectivity index (χ0) is 35.8. The molecule has 2 aliphatic rings. The summed E-state index contributed by atoms with van der Waals surface area (Å²) in [7, 11) is 0. The SMILES string of the molecule is Cc1ccccc1C1=C(C=Cc2cc(-c3ccccc3)[s+]c(-c3ccccc3)c2)CCCC1=CC=C1C=C(c2ccccc2)SC(c2ccccc2)=C1.[Cl-]. The van der Waals surface area contributed by atoms with Crippen LogP contribution in [0.5, 0.6) is 0 Å². The van der Waals surface area contributed by atoms with E-state index in [0.29, 0.717) is 0 Å². The fraction of sp³-hybridized carbons (Fsp3) is 0.0784. The summed E-state index contributed by atoms with van der Waals surface area (Å²) in [5, 5.41) is 0. The summed E-state index contributed by atoms with van der Waals surface area (Å²) in [6.07, 6.45) is 17.4. The lowest BCUT2D eigenvalue weighted by Gasteiger charge is -2.23. The van der Waals surface area contributed by atoms with E-state index in [1.165, 1.54) is 80.8 Å². The fourth-order valence-corrected chi connectivity index (χ4v) is 9.34. The van der Waals surface area contributed by atoms with Gasteiger partial charge in [-0.05, 0) is 113 Å². The van der Waals surface area contributed by atoms with Gasteiger partial charge in [-0.15, -0.1) is 0 Å². The molecule has 0 bridgehead atoms. The van der Waals surface area contributed by atoms with Crippen LogP contribution in [-0.2, 0) is 0 Å². The van der Waals surface area contributed by atoms with E-state index in [9.17, 15) is 0 Å². The van der Waals surface area contributed by atoms with Crippen molar-refractivity contribution in [3.05, 3.63) is 233 Å². The number of thioether (sulfide) groups is 1. The van der Waals surface area contributed by atoms with Crippen LogP contribution in [0.1, 0.15) is 47.1 Å². The number of benzene rings is 5. The largest absolute Gasteiger partial charge is 1.00 e. The summed E-state index contributed by atoms with van der Waals surface area (Å²) < 4.78 is 0. The number of aryl methyl sites for hydroxylation is 1. The predicted molar refractivity (Wildman–Crippen MR) is 233 cm³/mol. The second-order valence-electron chi connectivity index (χ2n) is 13.5. The summed E-state index contributed by atoms with van der Waals surface area (Å²) in [4.78, 5) is 5.08. The first kappa shape index (κ1) is 37.1. The molecule has 1 aromatic heterocycles. The molecular weight excluding hydrogens is 712 g/mol. The van der Waals surface area contributed by atoms with E-state index < -0.39 is 0 Å². The molecule has 264 valence electrons. The molecule has 0 atom stereocenters. The predicted octanol–water partition coefficient (Wildman–Crippen LogP) is 12.0. The van der Waals surface area contributed by atoms with Crippen molar-refractivity contribution >= 4 is 44.6 Å². The van der Waals surface area contributed by atoms with Crippen molar-refractivity contribution in [1.29, 1.82) is 0 Å². The molecule has 0 saturated heterocycles. The topological polar surface area (TPSA) is 0 Å². The molecule has 0 saturated carbocycles. The Hall–Kier alpha value is -5.25. The van der Waals surface area contributed by atoms with E-state index in [1.54, 1.807) is 0 Å². The smallest absolute Gasteiger partial charge is 0.239 e. The summed E-state index contributed by atoms with van der Waals surface area (Å²) in [5.74, 6) is 0. The molecular formula is C51H41ClS2. The monoisotopic (exact) mass is 752 g/mol. The average molecular weight is 753 g/mol. The Bertz CT molecular complexity index is 2300. The third-order valence-corrected chi connectivity index (χ3v) is 12.1. The number of allylic oxidation sites excluding steroid dienone is 9. The van der Waals surface area contributed by atoms with Crippen LogP contribution in [0, 0.1) is 6.92 Å². The number of hydrogen-bond donors (Lipinski definition) is 0. The molecule has 54 heavy (non-hydrogen) atoms. The maximum atomic E-state index is 2.39. The van der Waals surface area contributed by atoms with Crippen molar-refractivity contribution in [3.63, 3.8) is 0 Å². The molecule has 0 N–H and O–H groups in total. The van der Waals surface area contributed by atoms with E-state index in [0.717, 1.165) is 19.3 Å². The van der Waals surface area contributed by atoms with E-state index in [1.807, 2.05) is 23.1 Å². The van der Waals surface area contributed by atoms with Gasteiger partial charge in [0.1, 0.15) is 0 Å². The third-order valence-electron chi connectivity index (χ3n) is 9.77. The summed E-state index contributed by atoms with van der Waals surface area (Å²) in [6, 6.07) is 56.6. The van der Waals surface area contributed by atoms with Crippen LogP contribution >= 0.6 is 23.1 Å². The van der Waals surface area contributed by atoms with Crippen molar-refractivity contribution in [2.45, 2.75) is 26.2 Å². The number of halogens is 1. The van der Waals surface area contributed by atoms with E-state index in [4.69, 9.17) is 0 Å². The molecule has 8 rings (SSSR count). The molecule has 1 aliphatic carbocycles. The summed E-state index contributed by atoms with van der Waals surface area (Å²) >= 11 is 3.70. The first-order valence-corrected chi connectivity index (χ1v) is 20.0. The van der Waals surface area contributed by atoms with Crippen LogP contribution in [0.15, 0.2) is 205 Å². The van der Waals surface area contributed by atoms with Gasteiger partial charge in [0.2, 0.25) is 21.1 Å². The Morgan fingerprint density at radius 2 is 1.04 bits per heavy atom. The Labute approximate surface area is 334 Å². The molecule has 6 aromatic rings. The molecule has 2 heterocycles. The molecule has 0 unspecified atom stereocenters. The maximum absolute atomic E-state index is 2.39. The van der Waals surface area contributed by atoms with Crippen LogP contribution in [-0.4, -0.2) is 0 Å². The van der Waals surface area contributed by atoms with Crippen LogP contribution in [0.2, 0.25) is 0 Å². The lowest BCUT2D eigenvalue weighted by molar-refractivity contribution is -0.00000989. The molecule has 1 aliphatic heterocycles. The minimum absolute atomic E-state index is 0. The Morgan fingerprint density at radius 3 is 1.57 bits per heavy atom. The lowest BCUT2D eigenvalue weighted by Crippen LogP contribution is -3.00. The summed E-state index contributed by atoms with van der Waals surface area (Å²) in [6.45, 7) is 2.24. The average Bonchev–Trinajstić information content (AvgIpc) is 3.23. The van der Waals surface area contributed by atoms with Gasteiger partial charge in [-0.2, -0.15) is 0 Å². The van der Waals surface area contributed by atoms with Crippen LogP contribution in [0.4, 0.5) is 0 Å². The van der Waals surface area contributed by atoms with Crippen molar-refractivity contribution < 1.29 is 12.4 Å². The van der Waals surface area contributed by atoms with Crippen LogP contribution in [0.3, 0.4) is 0 Å². The maximum Gasteiger partial charge on any atom is 0.239 e. The van der Waals surface area contributed by atoms with Gasteiger partial charge in [-0.25, -0.2) is 0 Å². The van der Waals surface area contributed by atoms with Gasteiger partial charge >= 0.3 is 0 Å². The molecule has 5 aromatic carbocycles. The Balaban J connectivity index is 0.00000450. The van der Waals surface area contributed by atoms with Crippen LogP contribution in [0.25, 0.3) is 42.3 Å². The Morgan fingerprint density at radius 1 is 0.537 bits per heavy atom. The molecule has 0 amide bonds. The van der Waals surface area contributed by atoms with Crippen molar-refractivity contribution in [3.8, 4) is 20.9 Å². The second kappa shape index (κ2) is 17.7. The molecule has 3 heteroatoms. The molecule has 0 nitrogen and oxygen atoms in total. The highest BCUT2D eigenvalue weighted by Crippen LogP contribution is 2.45. The van der Waals surface area contributed by atoms with Gasteiger partial charge in [-0.3, -0.25) is 0 Å². The van der Waals surface area contributed by atoms with Gasteiger partial charge in [0.05, 0.1) is 0 Å². The van der Waals surface area contributed by atoms with E-state index in [2.05, 4.69) is 201 Å². The van der Waals surface area contributed by atoms with Gasteiger partial charge in [0.25, 0.3) is 0 Å². The van der Waals surface area contributed by atoms with Crippen LogP contribution < -0.4 is 12.4 Å². The van der Waals surface area contributed by atoms with E-state index >= 15 is 0 Å². The lowest BCUT2D eigenvalue weighted by atomic mass is 9.81. The van der Waals surface area contributed by atoms with Gasteiger partial charge in [0.15, 0.2) is 0 Å². The Kier molecular flexibility index (Phi) is 12.2. The molecule has 0 fully saturated rings. The van der Waals surface area contributed by atoms with Gasteiger partial charge < -0.3 is 12.4 Å². The van der Waals surface area contributed by atoms with Crippen molar-refractivity contribution in [2.75, 3.05) is 0 Å². The minimum atomic E-state index is 0. The first-order chi connectivity index (χ1) is 26.2. The van der Waals surface area contributed by atoms with Crippen molar-refractivity contribution in [2.24, 2.45) is 0 Å².